The lowest BCUT2D eigenvalue weighted by Crippen LogP contribution is -1.93. The van der Waals surface area contributed by atoms with Gasteiger partial charge in [-0.15, -0.1) is 5.10 Å². The molecule has 0 radical (unpaired) electrons. The molecule has 5 nitrogen and oxygen atoms in total. The number of nitrogens with zero attached hydrogens (tertiary/aromatic N) is 4. The number of aromatic amines is 1. The second kappa shape index (κ2) is 3.62. The number of hydrogen-bond acceptors (Lipinski definition) is 3. The summed E-state index contributed by atoms with van der Waals surface area (Å²) < 4.78 is 1.73. The maximum atomic E-state index is 4.08. The zero-order chi connectivity index (χ0) is 10.8. The van der Waals surface area contributed by atoms with Gasteiger partial charge in [0.05, 0.1) is 30.1 Å². The number of rotatable bonds is 2. The van der Waals surface area contributed by atoms with Gasteiger partial charge in [0.15, 0.2) is 0 Å². The van der Waals surface area contributed by atoms with E-state index in [2.05, 4.69) is 20.3 Å². The van der Waals surface area contributed by atoms with E-state index >= 15 is 0 Å². The van der Waals surface area contributed by atoms with Gasteiger partial charge < -0.3 is 4.98 Å². The van der Waals surface area contributed by atoms with E-state index < -0.39 is 0 Å². The van der Waals surface area contributed by atoms with Crippen molar-refractivity contribution in [2.75, 3.05) is 0 Å². The van der Waals surface area contributed by atoms with Gasteiger partial charge in [-0.05, 0) is 12.1 Å². The summed E-state index contributed by atoms with van der Waals surface area (Å²) in [6.45, 7) is 0. The average molecular weight is 211 g/mol. The molecule has 0 aliphatic carbocycles. The third-order valence-electron chi connectivity index (χ3n) is 2.29. The Bertz CT molecular complexity index is 567. The summed E-state index contributed by atoms with van der Waals surface area (Å²) in [5.74, 6) is 0. The molecular weight excluding hydrogens is 202 g/mol. The van der Waals surface area contributed by atoms with Crippen molar-refractivity contribution in [3.63, 3.8) is 0 Å². The van der Waals surface area contributed by atoms with E-state index in [1.54, 1.807) is 17.2 Å². The lowest BCUT2D eigenvalue weighted by atomic mass is 10.3. The van der Waals surface area contributed by atoms with Crippen molar-refractivity contribution in [1.29, 1.82) is 0 Å². The van der Waals surface area contributed by atoms with Crippen LogP contribution in [0.15, 0.2) is 49.1 Å². The fourth-order valence-corrected chi connectivity index (χ4v) is 1.49. The highest BCUT2D eigenvalue weighted by Gasteiger charge is 2.05. The monoisotopic (exact) mass is 211 g/mol. The van der Waals surface area contributed by atoms with Crippen molar-refractivity contribution in [2.45, 2.75) is 0 Å². The molecule has 0 saturated carbocycles. The van der Waals surface area contributed by atoms with Crippen molar-refractivity contribution in [3.05, 3.63) is 49.1 Å². The molecule has 0 atom stereocenters. The molecule has 0 fully saturated rings. The first-order chi connectivity index (χ1) is 7.93. The van der Waals surface area contributed by atoms with Crippen LogP contribution in [0.1, 0.15) is 0 Å². The molecule has 3 rings (SSSR count). The van der Waals surface area contributed by atoms with E-state index in [1.807, 2.05) is 36.5 Å². The number of benzene rings is 1. The molecule has 2 heterocycles. The Kier molecular flexibility index (Phi) is 2.00. The fourth-order valence-electron chi connectivity index (χ4n) is 1.49. The predicted octanol–water partition coefficient (Wildman–Crippen LogP) is 1.66. The average Bonchev–Trinajstić information content (AvgIpc) is 3.01. The van der Waals surface area contributed by atoms with E-state index in [9.17, 15) is 0 Å². The standard InChI is InChI=1S/C11H9N5/c1-2-4-9(5-3-1)16-7-11(14-15-16)10-6-12-8-13-10/h1-8H,(H,12,13). The summed E-state index contributed by atoms with van der Waals surface area (Å²) in [7, 11) is 0. The molecule has 0 amide bonds. The van der Waals surface area contributed by atoms with Gasteiger partial charge in [-0.1, -0.05) is 23.4 Å². The van der Waals surface area contributed by atoms with Gasteiger partial charge in [0.25, 0.3) is 0 Å². The first-order valence-corrected chi connectivity index (χ1v) is 4.90. The predicted molar refractivity (Wildman–Crippen MR) is 58.9 cm³/mol. The topological polar surface area (TPSA) is 59.4 Å². The van der Waals surface area contributed by atoms with Crippen LogP contribution in [-0.4, -0.2) is 25.0 Å². The minimum absolute atomic E-state index is 0.779. The lowest BCUT2D eigenvalue weighted by molar-refractivity contribution is 0.804. The Morgan fingerprint density at radius 1 is 1.12 bits per heavy atom. The van der Waals surface area contributed by atoms with E-state index in [0.717, 1.165) is 17.1 Å². The Hall–Kier alpha value is -2.43. The Labute approximate surface area is 91.8 Å². The van der Waals surface area contributed by atoms with Crippen LogP contribution in [0.25, 0.3) is 17.1 Å². The third kappa shape index (κ3) is 1.48. The third-order valence-corrected chi connectivity index (χ3v) is 2.29. The van der Waals surface area contributed by atoms with E-state index in [4.69, 9.17) is 0 Å². The van der Waals surface area contributed by atoms with Gasteiger partial charge in [-0.2, -0.15) is 0 Å². The maximum Gasteiger partial charge on any atom is 0.131 e. The van der Waals surface area contributed by atoms with E-state index in [0.29, 0.717) is 0 Å². The van der Waals surface area contributed by atoms with E-state index in [1.165, 1.54) is 0 Å². The molecule has 0 aliphatic rings. The van der Waals surface area contributed by atoms with Gasteiger partial charge in [-0.3, -0.25) is 0 Å². The van der Waals surface area contributed by atoms with Crippen molar-refractivity contribution in [1.82, 2.24) is 25.0 Å². The fraction of sp³-hybridized carbons (Fsp3) is 0. The van der Waals surface area contributed by atoms with Gasteiger partial charge >= 0.3 is 0 Å². The quantitative estimate of drug-likeness (QED) is 0.701. The highest BCUT2D eigenvalue weighted by atomic mass is 15.4. The number of para-hydroxylation sites is 1. The molecule has 78 valence electrons. The molecule has 0 saturated heterocycles. The molecule has 5 heteroatoms. The van der Waals surface area contributed by atoms with Gasteiger partial charge in [-0.25, -0.2) is 9.67 Å². The van der Waals surface area contributed by atoms with E-state index in [-0.39, 0.29) is 0 Å². The van der Waals surface area contributed by atoms with Crippen LogP contribution in [-0.2, 0) is 0 Å². The summed E-state index contributed by atoms with van der Waals surface area (Å²) >= 11 is 0. The van der Waals surface area contributed by atoms with Crippen LogP contribution < -0.4 is 0 Å². The highest BCUT2D eigenvalue weighted by Crippen LogP contribution is 2.13. The maximum absolute atomic E-state index is 4.08. The van der Waals surface area contributed by atoms with Crippen LogP contribution in [0.2, 0.25) is 0 Å². The summed E-state index contributed by atoms with van der Waals surface area (Å²) in [6.07, 6.45) is 5.21. The van der Waals surface area contributed by atoms with Crippen LogP contribution in [0.5, 0.6) is 0 Å². The number of imidazole rings is 1. The van der Waals surface area contributed by atoms with Crippen molar-refractivity contribution in [3.8, 4) is 17.1 Å². The Balaban J connectivity index is 2.00. The zero-order valence-corrected chi connectivity index (χ0v) is 8.41. The molecule has 1 aromatic carbocycles. The molecule has 1 N–H and O–H groups in total. The molecule has 0 aliphatic heterocycles. The lowest BCUT2D eigenvalue weighted by Gasteiger charge is -1.96. The second-order valence-electron chi connectivity index (χ2n) is 3.35. The Morgan fingerprint density at radius 2 is 2.00 bits per heavy atom. The Morgan fingerprint density at radius 3 is 2.75 bits per heavy atom. The summed E-state index contributed by atoms with van der Waals surface area (Å²) in [5, 5.41) is 8.14. The molecule has 2 aromatic heterocycles. The summed E-state index contributed by atoms with van der Waals surface area (Å²) in [4.78, 5) is 6.94. The smallest absolute Gasteiger partial charge is 0.131 e. The first-order valence-electron chi connectivity index (χ1n) is 4.90. The molecule has 0 bridgehead atoms. The van der Waals surface area contributed by atoms with Crippen LogP contribution in [0.3, 0.4) is 0 Å². The highest BCUT2D eigenvalue weighted by molar-refractivity contribution is 5.51. The molecule has 16 heavy (non-hydrogen) atoms. The minimum Gasteiger partial charge on any atom is -0.343 e. The SMILES string of the molecule is c1ccc(-n2cc(-c3cnc[nH]3)nn2)cc1. The summed E-state index contributed by atoms with van der Waals surface area (Å²) in [5.41, 5.74) is 2.63. The number of H-pyrrole nitrogens is 1. The second-order valence-corrected chi connectivity index (χ2v) is 3.35. The van der Waals surface area contributed by atoms with Crippen LogP contribution in [0, 0.1) is 0 Å². The molecule has 0 spiro atoms. The minimum atomic E-state index is 0.779. The van der Waals surface area contributed by atoms with Crippen molar-refractivity contribution >= 4 is 0 Å². The van der Waals surface area contributed by atoms with Crippen LogP contribution >= 0.6 is 0 Å². The van der Waals surface area contributed by atoms with Crippen LogP contribution in [0.4, 0.5) is 0 Å². The molecule has 0 unspecified atom stereocenters. The normalized spacial score (nSPS) is 10.5. The van der Waals surface area contributed by atoms with Gasteiger partial charge in [0.2, 0.25) is 0 Å². The molecular formula is C11H9N5. The van der Waals surface area contributed by atoms with Gasteiger partial charge in [0, 0.05) is 0 Å². The van der Waals surface area contributed by atoms with Crippen molar-refractivity contribution < 1.29 is 0 Å². The van der Waals surface area contributed by atoms with Gasteiger partial charge in [0.1, 0.15) is 5.69 Å². The first kappa shape index (κ1) is 8.84. The number of hydrogen-bond donors (Lipinski definition) is 1. The molecule has 3 aromatic rings. The van der Waals surface area contributed by atoms with Crippen molar-refractivity contribution in [2.24, 2.45) is 0 Å². The number of nitrogens with one attached hydrogen (secondary N) is 1. The summed E-state index contributed by atoms with van der Waals surface area (Å²) in [6, 6.07) is 9.85. The largest absolute Gasteiger partial charge is 0.343 e. The number of aromatic nitrogens is 5. The zero-order valence-electron chi connectivity index (χ0n) is 8.41.